The number of primary amides is 1. The Morgan fingerprint density at radius 3 is 2.67 bits per heavy atom. The van der Waals surface area contributed by atoms with Crippen LogP contribution in [0.1, 0.15) is 31.4 Å². The van der Waals surface area contributed by atoms with Crippen molar-refractivity contribution in [2.24, 2.45) is 11.1 Å². The van der Waals surface area contributed by atoms with Crippen LogP contribution < -0.4 is 11.1 Å². The second-order valence-electron chi connectivity index (χ2n) is 6.38. The summed E-state index contributed by atoms with van der Waals surface area (Å²) in [6.45, 7) is 2.99. The van der Waals surface area contributed by atoms with Gasteiger partial charge in [0, 0.05) is 25.1 Å². The molecule has 0 unspecified atom stereocenters. The van der Waals surface area contributed by atoms with Gasteiger partial charge < -0.3 is 20.2 Å². The summed E-state index contributed by atoms with van der Waals surface area (Å²) in [6, 6.07) is 9.50. The fraction of sp³-hybridized carbons (Fsp3) is 0.444. The molecule has 0 bridgehead atoms. The number of fused-ring (bicyclic) bond motifs is 1. The Labute approximate surface area is 140 Å². The first kappa shape index (κ1) is 16.5. The number of nitrogens with two attached hydrogens (primary N) is 1. The molecule has 1 aromatic heterocycles. The molecule has 0 spiro atoms. The van der Waals surface area contributed by atoms with Crippen LogP contribution in [0.5, 0.6) is 0 Å². The lowest BCUT2D eigenvalue weighted by molar-refractivity contribution is -0.134. The third-order valence-corrected chi connectivity index (χ3v) is 4.84. The summed E-state index contributed by atoms with van der Waals surface area (Å²) in [5, 5.41) is 3.82. The zero-order chi connectivity index (χ0) is 17.2. The standard InChI is InChI=1S/C18H22N2O4/c1-12(15-10-13-4-2-3-5-14(13)24-15)16(21)20-11-18(17(19)22)6-8-23-9-7-18/h2-5,10,12H,6-9,11H2,1H3,(H2,19,22)(H,20,21)/t12-/m1/s1. The van der Waals surface area contributed by atoms with Crippen molar-refractivity contribution in [2.75, 3.05) is 19.8 Å². The minimum atomic E-state index is -0.721. The predicted octanol–water partition coefficient (Wildman–Crippen LogP) is 1.93. The van der Waals surface area contributed by atoms with Crippen molar-refractivity contribution in [1.82, 2.24) is 5.32 Å². The number of amides is 2. The van der Waals surface area contributed by atoms with Gasteiger partial charge in [-0.15, -0.1) is 0 Å². The van der Waals surface area contributed by atoms with Crippen LogP contribution in [0, 0.1) is 5.41 Å². The minimum absolute atomic E-state index is 0.179. The normalized spacial score (nSPS) is 18.2. The Morgan fingerprint density at radius 2 is 2.00 bits per heavy atom. The van der Waals surface area contributed by atoms with Gasteiger partial charge in [0.15, 0.2) is 0 Å². The molecule has 6 heteroatoms. The molecule has 24 heavy (non-hydrogen) atoms. The van der Waals surface area contributed by atoms with E-state index in [9.17, 15) is 9.59 Å². The van der Waals surface area contributed by atoms with Crippen molar-refractivity contribution in [3.63, 3.8) is 0 Å². The van der Waals surface area contributed by atoms with E-state index >= 15 is 0 Å². The Kier molecular flexibility index (Phi) is 4.57. The average Bonchev–Trinajstić information content (AvgIpc) is 3.03. The quantitative estimate of drug-likeness (QED) is 0.876. The zero-order valence-electron chi connectivity index (χ0n) is 13.7. The fourth-order valence-electron chi connectivity index (χ4n) is 3.03. The molecule has 6 nitrogen and oxygen atoms in total. The number of hydrogen-bond acceptors (Lipinski definition) is 4. The average molecular weight is 330 g/mol. The molecule has 1 aliphatic rings. The highest BCUT2D eigenvalue weighted by Crippen LogP contribution is 2.30. The van der Waals surface area contributed by atoms with Crippen LogP contribution >= 0.6 is 0 Å². The van der Waals surface area contributed by atoms with Crippen molar-refractivity contribution in [3.05, 3.63) is 36.1 Å². The minimum Gasteiger partial charge on any atom is -0.460 e. The van der Waals surface area contributed by atoms with Crippen LogP contribution in [0.4, 0.5) is 0 Å². The van der Waals surface area contributed by atoms with Gasteiger partial charge in [-0.2, -0.15) is 0 Å². The topological polar surface area (TPSA) is 94.6 Å². The van der Waals surface area contributed by atoms with Crippen LogP contribution in [0.2, 0.25) is 0 Å². The molecule has 1 aromatic carbocycles. The number of benzene rings is 1. The van der Waals surface area contributed by atoms with Gasteiger partial charge in [0.1, 0.15) is 11.3 Å². The van der Waals surface area contributed by atoms with E-state index in [0.717, 1.165) is 11.0 Å². The van der Waals surface area contributed by atoms with Gasteiger partial charge in [0.2, 0.25) is 11.8 Å². The van der Waals surface area contributed by atoms with Crippen LogP contribution in [-0.4, -0.2) is 31.6 Å². The van der Waals surface area contributed by atoms with Crippen LogP contribution in [0.15, 0.2) is 34.7 Å². The number of ether oxygens (including phenoxy) is 1. The van der Waals surface area contributed by atoms with Gasteiger partial charge in [-0.05, 0) is 31.9 Å². The number of rotatable bonds is 5. The van der Waals surface area contributed by atoms with Crippen molar-refractivity contribution >= 4 is 22.8 Å². The Morgan fingerprint density at radius 1 is 1.29 bits per heavy atom. The van der Waals surface area contributed by atoms with Gasteiger partial charge in [0.25, 0.3) is 0 Å². The first-order valence-corrected chi connectivity index (χ1v) is 8.16. The van der Waals surface area contributed by atoms with Crippen LogP contribution in [0.25, 0.3) is 11.0 Å². The van der Waals surface area contributed by atoms with Gasteiger partial charge >= 0.3 is 0 Å². The van der Waals surface area contributed by atoms with Crippen molar-refractivity contribution in [3.8, 4) is 0 Å². The largest absolute Gasteiger partial charge is 0.460 e. The highest BCUT2D eigenvalue weighted by molar-refractivity contribution is 5.87. The van der Waals surface area contributed by atoms with E-state index in [0.29, 0.717) is 31.8 Å². The molecular weight excluding hydrogens is 308 g/mol. The lowest BCUT2D eigenvalue weighted by Gasteiger charge is -2.34. The number of furan rings is 1. The molecule has 3 N–H and O–H groups in total. The summed E-state index contributed by atoms with van der Waals surface area (Å²) in [5.41, 5.74) is 5.60. The van der Waals surface area contributed by atoms with E-state index in [1.54, 1.807) is 6.92 Å². The van der Waals surface area contributed by atoms with E-state index in [1.165, 1.54) is 0 Å². The van der Waals surface area contributed by atoms with Crippen molar-refractivity contribution in [1.29, 1.82) is 0 Å². The molecule has 1 atom stereocenters. The summed E-state index contributed by atoms with van der Waals surface area (Å²) in [4.78, 5) is 24.3. The molecule has 0 aliphatic carbocycles. The number of para-hydroxylation sites is 1. The van der Waals surface area contributed by atoms with Gasteiger partial charge in [-0.25, -0.2) is 0 Å². The van der Waals surface area contributed by atoms with Crippen molar-refractivity contribution < 1.29 is 18.7 Å². The maximum atomic E-state index is 12.5. The summed E-state index contributed by atoms with van der Waals surface area (Å²) >= 11 is 0. The summed E-state index contributed by atoms with van der Waals surface area (Å²) in [6.07, 6.45) is 1.06. The molecular formula is C18H22N2O4. The van der Waals surface area contributed by atoms with E-state index in [-0.39, 0.29) is 18.4 Å². The molecule has 128 valence electrons. The molecule has 2 heterocycles. The van der Waals surface area contributed by atoms with E-state index in [2.05, 4.69) is 5.32 Å². The van der Waals surface area contributed by atoms with Gasteiger partial charge in [-0.3, -0.25) is 9.59 Å². The maximum Gasteiger partial charge on any atom is 0.230 e. The lowest BCUT2D eigenvalue weighted by Crippen LogP contribution is -2.50. The monoisotopic (exact) mass is 330 g/mol. The third kappa shape index (κ3) is 3.14. The van der Waals surface area contributed by atoms with Gasteiger partial charge in [0.05, 0.1) is 11.3 Å². The van der Waals surface area contributed by atoms with Crippen LogP contribution in [-0.2, 0) is 14.3 Å². The second-order valence-corrected chi connectivity index (χ2v) is 6.38. The molecule has 2 amide bonds. The van der Waals surface area contributed by atoms with E-state index in [1.807, 2.05) is 30.3 Å². The highest BCUT2D eigenvalue weighted by Gasteiger charge is 2.39. The van der Waals surface area contributed by atoms with Crippen LogP contribution in [0.3, 0.4) is 0 Å². The third-order valence-electron chi connectivity index (χ3n) is 4.84. The Balaban J connectivity index is 1.68. The summed E-state index contributed by atoms with van der Waals surface area (Å²) in [5.74, 6) is -0.403. The molecule has 1 saturated heterocycles. The molecule has 0 saturated carbocycles. The SMILES string of the molecule is C[C@@H](C(=O)NCC1(C(N)=O)CCOCC1)c1cc2ccccc2o1. The lowest BCUT2D eigenvalue weighted by atomic mass is 9.79. The number of nitrogens with one attached hydrogen (secondary N) is 1. The summed E-state index contributed by atoms with van der Waals surface area (Å²) in [7, 11) is 0. The molecule has 3 rings (SSSR count). The number of carbonyl (C=O) groups excluding carboxylic acids is 2. The van der Waals surface area contributed by atoms with Gasteiger partial charge in [-0.1, -0.05) is 18.2 Å². The fourth-order valence-corrected chi connectivity index (χ4v) is 3.03. The Bertz CT molecular complexity index is 713. The van der Waals surface area contributed by atoms with E-state index < -0.39 is 11.3 Å². The highest BCUT2D eigenvalue weighted by atomic mass is 16.5. The van der Waals surface area contributed by atoms with Crippen molar-refractivity contribution in [2.45, 2.75) is 25.7 Å². The zero-order valence-corrected chi connectivity index (χ0v) is 13.7. The molecule has 1 fully saturated rings. The predicted molar refractivity (Wildman–Crippen MR) is 89.3 cm³/mol. The second kappa shape index (κ2) is 6.65. The summed E-state index contributed by atoms with van der Waals surface area (Å²) < 4.78 is 11.0. The smallest absolute Gasteiger partial charge is 0.230 e. The Hall–Kier alpha value is -2.34. The van der Waals surface area contributed by atoms with E-state index in [4.69, 9.17) is 14.9 Å². The first-order chi connectivity index (χ1) is 11.5. The molecule has 1 aliphatic heterocycles. The molecule has 2 aromatic rings. The molecule has 0 radical (unpaired) electrons. The first-order valence-electron chi connectivity index (χ1n) is 8.16. The number of carbonyl (C=O) groups is 2. The maximum absolute atomic E-state index is 12.5. The number of hydrogen-bond donors (Lipinski definition) is 2.